The Balaban J connectivity index is 1.88. The largest absolute Gasteiger partial charge is 0.285 e. The van der Waals surface area contributed by atoms with E-state index >= 15 is 0 Å². The maximum atomic E-state index is 4.84. The van der Waals surface area contributed by atoms with Gasteiger partial charge < -0.3 is 0 Å². The number of hydrogen-bond donors (Lipinski definition) is 0. The van der Waals surface area contributed by atoms with E-state index in [1.165, 1.54) is 31.2 Å². The molecular weight excluding hydrogens is 196 g/mol. The molecule has 0 bridgehead atoms. The Labute approximate surface area is 96.1 Å². The monoisotopic (exact) mass is 212 g/mol. The van der Waals surface area contributed by atoms with E-state index in [-0.39, 0.29) is 0 Å². The summed E-state index contributed by atoms with van der Waals surface area (Å²) in [5, 5.41) is 0. The van der Waals surface area contributed by atoms with Gasteiger partial charge in [0.15, 0.2) is 0 Å². The molecule has 2 unspecified atom stereocenters. The smallest absolute Gasteiger partial charge is 0.0829 e. The number of rotatable bonds is 1. The van der Waals surface area contributed by atoms with Gasteiger partial charge in [0.2, 0.25) is 0 Å². The average molecular weight is 212 g/mol. The minimum absolute atomic E-state index is 0.439. The first-order chi connectivity index (χ1) is 7.93. The van der Waals surface area contributed by atoms with Crippen molar-refractivity contribution in [2.45, 2.75) is 37.8 Å². The lowest BCUT2D eigenvalue weighted by molar-refractivity contribution is 0.387. The fraction of sp³-hybridized carbons (Fsp3) is 0.429. The van der Waals surface area contributed by atoms with Gasteiger partial charge in [-0.1, -0.05) is 43.2 Å². The van der Waals surface area contributed by atoms with Crippen molar-refractivity contribution >= 4 is 11.9 Å². The molecule has 0 radical (unpaired) electrons. The zero-order chi connectivity index (χ0) is 10.8. The second kappa shape index (κ2) is 4.20. The molecule has 0 spiro atoms. The molecule has 3 rings (SSSR count). The normalized spacial score (nSPS) is 28.4. The van der Waals surface area contributed by atoms with Crippen LogP contribution in [-0.4, -0.2) is 24.0 Å². The summed E-state index contributed by atoms with van der Waals surface area (Å²) >= 11 is 0. The van der Waals surface area contributed by atoms with Crippen LogP contribution >= 0.6 is 0 Å². The van der Waals surface area contributed by atoms with E-state index in [4.69, 9.17) is 4.99 Å². The molecule has 1 aromatic rings. The quantitative estimate of drug-likeness (QED) is 0.684. The lowest BCUT2D eigenvalue weighted by atomic mass is 9.90. The second-order valence-electron chi connectivity index (χ2n) is 4.58. The minimum atomic E-state index is 0.439. The molecule has 2 heteroatoms. The van der Waals surface area contributed by atoms with Gasteiger partial charge in [0.1, 0.15) is 0 Å². The fourth-order valence-electron chi connectivity index (χ4n) is 2.55. The van der Waals surface area contributed by atoms with Crippen LogP contribution in [0.2, 0.25) is 0 Å². The molecule has 0 amide bonds. The first-order valence-corrected chi connectivity index (χ1v) is 6.10. The SMILES string of the molecule is C1=NC2CCCCC2N=C1c1ccccc1. The molecule has 1 aliphatic heterocycles. The number of aliphatic imine (C=N–C) groups is 2. The molecule has 2 aliphatic rings. The highest BCUT2D eigenvalue weighted by atomic mass is 15.0. The highest BCUT2D eigenvalue weighted by molar-refractivity contribution is 6.38. The molecule has 2 nitrogen and oxygen atoms in total. The summed E-state index contributed by atoms with van der Waals surface area (Å²) in [6, 6.07) is 11.3. The Morgan fingerprint density at radius 1 is 0.938 bits per heavy atom. The molecule has 16 heavy (non-hydrogen) atoms. The molecule has 2 atom stereocenters. The molecule has 1 saturated carbocycles. The number of benzene rings is 1. The van der Waals surface area contributed by atoms with Crippen molar-refractivity contribution in [1.29, 1.82) is 0 Å². The molecule has 0 saturated heterocycles. The maximum absolute atomic E-state index is 4.84. The molecule has 1 fully saturated rings. The van der Waals surface area contributed by atoms with Crippen LogP contribution in [0.3, 0.4) is 0 Å². The van der Waals surface area contributed by atoms with E-state index in [9.17, 15) is 0 Å². The van der Waals surface area contributed by atoms with E-state index in [0.29, 0.717) is 12.1 Å². The van der Waals surface area contributed by atoms with Gasteiger partial charge in [-0.05, 0) is 12.8 Å². The van der Waals surface area contributed by atoms with Crippen LogP contribution in [0.25, 0.3) is 0 Å². The van der Waals surface area contributed by atoms with Crippen LogP contribution in [0.15, 0.2) is 40.3 Å². The Morgan fingerprint density at radius 2 is 1.69 bits per heavy atom. The van der Waals surface area contributed by atoms with Gasteiger partial charge in [-0.15, -0.1) is 0 Å². The Hall–Kier alpha value is -1.44. The average Bonchev–Trinajstić information content (AvgIpc) is 2.39. The minimum Gasteiger partial charge on any atom is -0.285 e. The van der Waals surface area contributed by atoms with Crippen LogP contribution in [-0.2, 0) is 0 Å². The topological polar surface area (TPSA) is 24.7 Å². The third kappa shape index (κ3) is 1.80. The van der Waals surface area contributed by atoms with Crippen molar-refractivity contribution in [2.24, 2.45) is 9.98 Å². The summed E-state index contributed by atoms with van der Waals surface area (Å²) in [5.41, 5.74) is 2.25. The van der Waals surface area contributed by atoms with Crippen molar-refractivity contribution in [1.82, 2.24) is 0 Å². The fourth-order valence-corrected chi connectivity index (χ4v) is 2.55. The first-order valence-electron chi connectivity index (χ1n) is 6.10. The van der Waals surface area contributed by atoms with E-state index in [1.807, 2.05) is 12.3 Å². The van der Waals surface area contributed by atoms with Gasteiger partial charge in [0.05, 0.1) is 17.8 Å². The second-order valence-corrected chi connectivity index (χ2v) is 4.58. The summed E-state index contributed by atoms with van der Waals surface area (Å²) in [5.74, 6) is 0. The van der Waals surface area contributed by atoms with Crippen molar-refractivity contribution in [3.8, 4) is 0 Å². The zero-order valence-corrected chi connectivity index (χ0v) is 9.34. The predicted octanol–water partition coefficient (Wildman–Crippen LogP) is 2.87. The van der Waals surface area contributed by atoms with Gasteiger partial charge >= 0.3 is 0 Å². The standard InChI is InChI=1S/C14H16N2/c1-2-6-11(7-3-1)14-10-15-12-8-4-5-9-13(12)16-14/h1-3,6-7,10,12-13H,4-5,8-9H2. The third-order valence-corrected chi connectivity index (χ3v) is 3.46. The highest BCUT2D eigenvalue weighted by Crippen LogP contribution is 2.26. The molecule has 1 aromatic carbocycles. The highest BCUT2D eigenvalue weighted by Gasteiger charge is 2.26. The summed E-state index contributed by atoms with van der Waals surface area (Å²) in [6.07, 6.45) is 7.00. The molecule has 1 aliphatic carbocycles. The van der Waals surface area contributed by atoms with Crippen LogP contribution in [0, 0.1) is 0 Å². The maximum Gasteiger partial charge on any atom is 0.0829 e. The van der Waals surface area contributed by atoms with E-state index in [1.54, 1.807) is 0 Å². The van der Waals surface area contributed by atoms with Gasteiger partial charge in [0.25, 0.3) is 0 Å². The summed E-state index contributed by atoms with van der Waals surface area (Å²) < 4.78 is 0. The van der Waals surface area contributed by atoms with Crippen molar-refractivity contribution in [2.75, 3.05) is 0 Å². The van der Waals surface area contributed by atoms with Crippen LogP contribution in [0.1, 0.15) is 31.2 Å². The lowest BCUT2D eigenvalue weighted by Gasteiger charge is -2.28. The van der Waals surface area contributed by atoms with Gasteiger partial charge in [-0.25, -0.2) is 0 Å². The Bertz CT molecular complexity index is 420. The summed E-state index contributed by atoms with van der Waals surface area (Å²) in [4.78, 5) is 9.49. The molecule has 82 valence electrons. The van der Waals surface area contributed by atoms with Gasteiger partial charge in [-0.2, -0.15) is 0 Å². The summed E-state index contributed by atoms with van der Waals surface area (Å²) in [7, 11) is 0. The number of hydrogen-bond acceptors (Lipinski definition) is 2. The van der Waals surface area contributed by atoms with Gasteiger partial charge in [0, 0.05) is 11.8 Å². The van der Waals surface area contributed by atoms with Crippen molar-refractivity contribution < 1.29 is 0 Å². The summed E-state index contributed by atoms with van der Waals surface area (Å²) in [6.45, 7) is 0. The Morgan fingerprint density at radius 3 is 2.50 bits per heavy atom. The van der Waals surface area contributed by atoms with Crippen LogP contribution in [0.5, 0.6) is 0 Å². The first kappa shape index (κ1) is 9.76. The Kier molecular flexibility index (Phi) is 2.56. The number of nitrogens with zero attached hydrogens (tertiary/aromatic N) is 2. The lowest BCUT2D eigenvalue weighted by Crippen LogP contribution is -2.32. The zero-order valence-electron chi connectivity index (χ0n) is 9.34. The van der Waals surface area contributed by atoms with E-state index in [0.717, 1.165) is 5.71 Å². The van der Waals surface area contributed by atoms with Crippen LogP contribution < -0.4 is 0 Å². The molecule has 1 heterocycles. The van der Waals surface area contributed by atoms with Crippen LogP contribution in [0.4, 0.5) is 0 Å². The van der Waals surface area contributed by atoms with E-state index < -0.39 is 0 Å². The molecular formula is C14H16N2. The molecule has 0 N–H and O–H groups in total. The van der Waals surface area contributed by atoms with Crippen molar-refractivity contribution in [3.05, 3.63) is 35.9 Å². The number of fused-ring (bicyclic) bond motifs is 1. The van der Waals surface area contributed by atoms with Gasteiger partial charge in [-0.3, -0.25) is 9.98 Å². The molecule has 0 aromatic heterocycles. The predicted molar refractivity (Wildman–Crippen MR) is 67.5 cm³/mol. The van der Waals surface area contributed by atoms with Crippen molar-refractivity contribution in [3.63, 3.8) is 0 Å². The van der Waals surface area contributed by atoms with E-state index in [2.05, 4.69) is 29.3 Å². The third-order valence-electron chi connectivity index (χ3n) is 3.46.